The summed E-state index contributed by atoms with van der Waals surface area (Å²) in [6.07, 6.45) is 5.01. The first-order valence-electron chi connectivity index (χ1n) is 11.1. The summed E-state index contributed by atoms with van der Waals surface area (Å²) in [6.45, 7) is 3.83. The van der Waals surface area contributed by atoms with E-state index < -0.39 is 0 Å². The molecule has 0 N–H and O–H groups in total. The van der Waals surface area contributed by atoms with Gasteiger partial charge in [0.2, 0.25) is 0 Å². The summed E-state index contributed by atoms with van der Waals surface area (Å²) in [6, 6.07) is 36.2. The van der Waals surface area contributed by atoms with E-state index in [1.54, 1.807) is 0 Å². The maximum Gasteiger partial charge on any atom is 0.0838 e. The van der Waals surface area contributed by atoms with Crippen LogP contribution in [0.3, 0.4) is 0 Å². The standard InChI is InChI=1S/C30H23N3/c1-31-28-21-32(24-12-4-2-5-13-24)20-23(28)19-22-11-10-17-27-26-16-8-9-18-29(26)33(30(22)27)25-14-6-3-7-15-25/h2-18,20-21H,1,19H2. The van der Waals surface area contributed by atoms with Crippen LogP contribution in [0.15, 0.2) is 121 Å². The summed E-state index contributed by atoms with van der Waals surface area (Å²) in [7, 11) is 0. The van der Waals surface area contributed by atoms with E-state index in [9.17, 15) is 0 Å². The number of nitrogens with zero attached hydrogens (tertiary/aromatic N) is 3. The van der Waals surface area contributed by atoms with Crippen LogP contribution in [0, 0.1) is 0 Å². The van der Waals surface area contributed by atoms with E-state index >= 15 is 0 Å². The second-order valence-electron chi connectivity index (χ2n) is 8.25. The van der Waals surface area contributed by atoms with Crippen molar-refractivity contribution in [3.8, 4) is 11.4 Å². The van der Waals surface area contributed by atoms with Crippen molar-refractivity contribution in [1.82, 2.24) is 9.13 Å². The number of benzene rings is 4. The Morgan fingerprint density at radius 1 is 0.606 bits per heavy atom. The van der Waals surface area contributed by atoms with Gasteiger partial charge in [0, 0.05) is 46.5 Å². The van der Waals surface area contributed by atoms with Gasteiger partial charge in [-0.1, -0.05) is 72.8 Å². The number of aromatic nitrogens is 2. The molecular formula is C30H23N3. The zero-order chi connectivity index (χ0) is 22.2. The molecule has 158 valence electrons. The smallest absolute Gasteiger partial charge is 0.0838 e. The monoisotopic (exact) mass is 425 g/mol. The van der Waals surface area contributed by atoms with Crippen LogP contribution in [0.4, 0.5) is 5.69 Å². The van der Waals surface area contributed by atoms with E-state index in [-0.39, 0.29) is 0 Å². The summed E-state index contributed by atoms with van der Waals surface area (Å²) >= 11 is 0. The van der Waals surface area contributed by atoms with Crippen molar-refractivity contribution in [3.63, 3.8) is 0 Å². The molecule has 0 atom stereocenters. The molecule has 0 unspecified atom stereocenters. The first kappa shape index (κ1) is 19.3. The molecule has 0 bridgehead atoms. The maximum atomic E-state index is 4.34. The molecule has 6 aromatic rings. The highest BCUT2D eigenvalue weighted by Crippen LogP contribution is 2.36. The van der Waals surface area contributed by atoms with Gasteiger partial charge in [-0.3, -0.25) is 4.99 Å². The second kappa shape index (κ2) is 7.95. The van der Waals surface area contributed by atoms with E-state index in [2.05, 4.69) is 130 Å². The van der Waals surface area contributed by atoms with Crippen molar-refractivity contribution >= 4 is 34.2 Å². The van der Waals surface area contributed by atoms with Gasteiger partial charge in [-0.2, -0.15) is 0 Å². The molecule has 2 heterocycles. The molecule has 33 heavy (non-hydrogen) atoms. The molecule has 4 aromatic carbocycles. The number of para-hydroxylation sites is 4. The minimum absolute atomic E-state index is 0.773. The van der Waals surface area contributed by atoms with Gasteiger partial charge in [0.15, 0.2) is 0 Å². The van der Waals surface area contributed by atoms with Crippen LogP contribution in [0.2, 0.25) is 0 Å². The molecule has 3 nitrogen and oxygen atoms in total. The lowest BCUT2D eigenvalue weighted by Crippen LogP contribution is -1.97. The molecule has 0 radical (unpaired) electrons. The average Bonchev–Trinajstić information content (AvgIpc) is 3.45. The molecule has 0 fully saturated rings. The summed E-state index contributed by atoms with van der Waals surface area (Å²) in [5.74, 6) is 0. The van der Waals surface area contributed by atoms with Crippen LogP contribution in [-0.2, 0) is 6.42 Å². The minimum Gasteiger partial charge on any atom is -0.321 e. The van der Waals surface area contributed by atoms with E-state index in [0.29, 0.717) is 0 Å². The topological polar surface area (TPSA) is 22.2 Å². The average molecular weight is 426 g/mol. The Balaban J connectivity index is 1.56. The van der Waals surface area contributed by atoms with Crippen LogP contribution in [0.25, 0.3) is 33.2 Å². The highest BCUT2D eigenvalue weighted by atomic mass is 15.0. The molecule has 0 aliphatic rings. The van der Waals surface area contributed by atoms with Gasteiger partial charge in [0.05, 0.1) is 16.7 Å². The molecule has 0 spiro atoms. The normalized spacial score (nSPS) is 11.3. The summed E-state index contributed by atoms with van der Waals surface area (Å²) in [5.41, 5.74) is 8.08. The Labute approximate surface area is 192 Å². The Morgan fingerprint density at radius 3 is 2.03 bits per heavy atom. The Bertz CT molecular complexity index is 1590. The fourth-order valence-electron chi connectivity index (χ4n) is 4.80. The highest BCUT2D eigenvalue weighted by molar-refractivity contribution is 6.10. The first-order chi connectivity index (χ1) is 16.3. The molecule has 3 heteroatoms. The molecule has 2 aromatic heterocycles. The fraction of sp³-hybridized carbons (Fsp3) is 0.0333. The Kier molecular flexibility index (Phi) is 4.66. The molecule has 0 amide bonds. The van der Waals surface area contributed by atoms with Gasteiger partial charge in [-0.25, -0.2) is 0 Å². The van der Waals surface area contributed by atoms with E-state index in [0.717, 1.165) is 23.4 Å². The largest absolute Gasteiger partial charge is 0.321 e. The molecule has 0 aliphatic heterocycles. The summed E-state index contributed by atoms with van der Waals surface area (Å²) in [4.78, 5) is 4.34. The lowest BCUT2D eigenvalue weighted by Gasteiger charge is -2.11. The van der Waals surface area contributed by atoms with E-state index in [1.165, 1.54) is 33.1 Å². The Hall–Kier alpha value is -4.37. The van der Waals surface area contributed by atoms with Gasteiger partial charge in [-0.15, -0.1) is 0 Å². The van der Waals surface area contributed by atoms with E-state index in [4.69, 9.17) is 0 Å². The predicted molar refractivity (Wildman–Crippen MR) is 139 cm³/mol. The van der Waals surface area contributed by atoms with Crippen molar-refractivity contribution in [2.24, 2.45) is 4.99 Å². The quantitative estimate of drug-likeness (QED) is 0.255. The van der Waals surface area contributed by atoms with Crippen molar-refractivity contribution < 1.29 is 0 Å². The molecule has 0 saturated carbocycles. The van der Waals surface area contributed by atoms with Crippen LogP contribution in [0.5, 0.6) is 0 Å². The number of hydrogen-bond donors (Lipinski definition) is 0. The zero-order valence-electron chi connectivity index (χ0n) is 18.2. The zero-order valence-corrected chi connectivity index (χ0v) is 18.2. The maximum absolute atomic E-state index is 4.34. The van der Waals surface area contributed by atoms with Gasteiger partial charge < -0.3 is 9.13 Å². The van der Waals surface area contributed by atoms with Crippen molar-refractivity contribution in [2.45, 2.75) is 6.42 Å². The van der Waals surface area contributed by atoms with Crippen molar-refractivity contribution in [2.75, 3.05) is 0 Å². The van der Waals surface area contributed by atoms with Gasteiger partial charge in [0.1, 0.15) is 0 Å². The van der Waals surface area contributed by atoms with Crippen LogP contribution >= 0.6 is 0 Å². The second-order valence-corrected chi connectivity index (χ2v) is 8.25. The number of fused-ring (bicyclic) bond motifs is 3. The van der Waals surface area contributed by atoms with Crippen molar-refractivity contribution in [3.05, 3.63) is 127 Å². The molecular weight excluding hydrogens is 402 g/mol. The SMILES string of the molecule is C=Nc1cn(-c2ccccc2)cc1Cc1cccc2c3ccccc3n(-c3ccccc3)c12. The molecule has 6 rings (SSSR count). The predicted octanol–water partition coefficient (Wildman–Crippen LogP) is 7.50. The van der Waals surface area contributed by atoms with Crippen molar-refractivity contribution in [1.29, 1.82) is 0 Å². The third kappa shape index (κ3) is 3.26. The first-order valence-corrected chi connectivity index (χ1v) is 11.1. The lowest BCUT2D eigenvalue weighted by atomic mass is 10.0. The number of rotatable bonds is 5. The lowest BCUT2D eigenvalue weighted by molar-refractivity contribution is 1.06. The Morgan fingerprint density at radius 2 is 1.27 bits per heavy atom. The van der Waals surface area contributed by atoms with Crippen LogP contribution in [0.1, 0.15) is 11.1 Å². The molecule has 0 aliphatic carbocycles. The summed E-state index contributed by atoms with van der Waals surface area (Å²) < 4.78 is 4.52. The fourth-order valence-corrected chi connectivity index (χ4v) is 4.80. The van der Waals surface area contributed by atoms with E-state index in [1.807, 2.05) is 6.07 Å². The summed E-state index contributed by atoms with van der Waals surface area (Å²) in [5, 5.41) is 2.53. The molecule has 0 saturated heterocycles. The third-order valence-electron chi connectivity index (χ3n) is 6.28. The highest BCUT2D eigenvalue weighted by Gasteiger charge is 2.17. The van der Waals surface area contributed by atoms with Crippen LogP contribution < -0.4 is 0 Å². The minimum atomic E-state index is 0.773. The number of hydrogen-bond acceptors (Lipinski definition) is 1. The van der Waals surface area contributed by atoms with Crippen LogP contribution in [-0.4, -0.2) is 15.9 Å². The van der Waals surface area contributed by atoms with Gasteiger partial charge in [0.25, 0.3) is 0 Å². The van der Waals surface area contributed by atoms with Gasteiger partial charge >= 0.3 is 0 Å². The van der Waals surface area contributed by atoms with Gasteiger partial charge in [-0.05, 0) is 42.6 Å². The number of aliphatic imine (C=N–C) groups is 1. The third-order valence-corrected chi connectivity index (χ3v) is 6.28.